The lowest BCUT2D eigenvalue weighted by molar-refractivity contribution is 0.462. The van der Waals surface area contributed by atoms with E-state index in [1.54, 1.807) is 4.90 Å². The van der Waals surface area contributed by atoms with Gasteiger partial charge in [0.15, 0.2) is 0 Å². The average molecular weight is 87.1 g/mol. The number of rotatable bonds is 2. The van der Waals surface area contributed by atoms with E-state index in [-0.39, 0.29) is 0 Å². The van der Waals surface area contributed by atoms with E-state index >= 15 is 0 Å². The third-order valence-corrected chi connectivity index (χ3v) is 0.511. The van der Waals surface area contributed by atoms with Crippen molar-refractivity contribution >= 4 is 0 Å². The van der Waals surface area contributed by atoms with Gasteiger partial charge in [-0.2, -0.15) is 0 Å². The Morgan fingerprint density at radius 2 is 2.33 bits per heavy atom. The fourth-order valence-electron chi connectivity index (χ4n) is 0.220. The first-order valence-electron chi connectivity index (χ1n) is 1.99. The molecule has 2 nitrogen and oxygen atoms in total. The van der Waals surface area contributed by atoms with Gasteiger partial charge in [-0.25, -0.2) is 0 Å². The highest BCUT2D eigenvalue weighted by Crippen LogP contribution is 1.67. The van der Waals surface area contributed by atoms with Crippen molar-refractivity contribution in [2.24, 2.45) is 5.73 Å². The van der Waals surface area contributed by atoms with E-state index in [0.717, 1.165) is 6.54 Å². The molecule has 2 N–H and O–H groups in total. The Morgan fingerprint density at radius 3 is 2.33 bits per heavy atom. The second kappa shape index (κ2) is 3.12. The number of nitrogens with zero attached hydrogens (tertiary/aromatic N) is 1. The molecule has 0 fully saturated rings. The van der Waals surface area contributed by atoms with Crippen LogP contribution >= 0.6 is 0 Å². The van der Waals surface area contributed by atoms with Gasteiger partial charge in [0.05, 0.1) is 0 Å². The zero-order valence-corrected chi connectivity index (χ0v) is 4.15. The van der Waals surface area contributed by atoms with Crippen LogP contribution in [0.4, 0.5) is 0 Å². The van der Waals surface area contributed by atoms with E-state index in [1.165, 1.54) is 0 Å². The van der Waals surface area contributed by atoms with E-state index in [4.69, 9.17) is 5.73 Å². The van der Waals surface area contributed by atoms with E-state index in [2.05, 4.69) is 7.05 Å². The maximum absolute atomic E-state index is 5.15. The van der Waals surface area contributed by atoms with E-state index in [9.17, 15) is 0 Å². The van der Waals surface area contributed by atoms with Crippen molar-refractivity contribution in [3.63, 3.8) is 0 Å². The molecule has 0 spiro atoms. The van der Waals surface area contributed by atoms with Gasteiger partial charge >= 0.3 is 0 Å². The average Bonchev–Trinajstić information content (AvgIpc) is 1.35. The van der Waals surface area contributed by atoms with Gasteiger partial charge in [0, 0.05) is 6.54 Å². The fourth-order valence-corrected chi connectivity index (χ4v) is 0.220. The van der Waals surface area contributed by atoms with Crippen molar-refractivity contribution in [2.75, 3.05) is 20.1 Å². The molecule has 38 valence electrons. The Balaban J connectivity index is 2.63. The van der Waals surface area contributed by atoms with Gasteiger partial charge in [0.1, 0.15) is 0 Å². The highest BCUT2D eigenvalue weighted by atomic mass is 15.1. The summed E-state index contributed by atoms with van der Waals surface area (Å²) in [6, 6.07) is 0. The van der Waals surface area contributed by atoms with Gasteiger partial charge in [0.2, 0.25) is 0 Å². The Morgan fingerprint density at radius 1 is 1.83 bits per heavy atom. The van der Waals surface area contributed by atoms with Gasteiger partial charge < -0.3 is 10.6 Å². The minimum Gasteiger partial charge on any atom is -0.461 e. The molecule has 0 saturated carbocycles. The zero-order valence-electron chi connectivity index (χ0n) is 4.15. The molecule has 0 radical (unpaired) electrons. The first-order chi connectivity index (χ1) is 2.77. The molecule has 0 bridgehead atoms. The topological polar surface area (TPSA) is 29.3 Å². The van der Waals surface area contributed by atoms with Gasteiger partial charge in [-0.1, -0.05) is 0 Å². The Hall–Kier alpha value is -0.0800. The SMILES string of the molecule is [CH2-]N(C)CCN. The summed E-state index contributed by atoms with van der Waals surface area (Å²) in [5.74, 6) is 0. The summed E-state index contributed by atoms with van der Waals surface area (Å²) in [6.45, 7) is 1.57. The highest BCUT2D eigenvalue weighted by molar-refractivity contribution is 4.44. The van der Waals surface area contributed by atoms with Crippen LogP contribution in [0.2, 0.25) is 0 Å². The molecular weight excluding hydrogens is 76.1 g/mol. The molecule has 0 saturated heterocycles. The molecule has 2 heteroatoms. The second-order valence-corrected chi connectivity index (χ2v) is 1.37. The van der Waals surface area contributed by atoms with Gasteiger partial charge in [-0.05, 0) is 13.6 Å². The van der Waals surface area contributed by atoms with Crippen LogP contribution in [0.15, 0.2) is 0 Å². The standard InChI is InChI=1S/C4H11N2/c1-6(2)4-3-5/h1,3-5H2,2H3/q-1. The van der Waals surface area contributed by atoms with Gasteiger partial charge in [0.25, 0.3) is 0 Å². The fraction of sp³-hybridized carbons (Fsp3) is 0.750. The van der Waals surface area contributed by atoms with Crippen molar-refractivity contribution in [2.45, 2.75) is 0 Å². The molecule has 0 rings (SSSR count). The molecule has 6 heavy (non-hydrogen) atoms. The van der Waals surface area contributed by atoms with Gasteiger partial charge in [-0.3, -0.25) is 7.05 Å². The number of hydrogen-bond acceptors (Lipinski definition) is 2. The minimum absolute atomic E-state index is 0.694. The normalized spacial score (nSPS) is 10.0. The van der Waals surface area contributed by atoms with Crippen molar-refractivity contribution < 1.29 is 0 Å². The first-order valence-corrected chi connectivity index (χ1v) is 1.99. The summed E-state index contributed by atoms with van der Waals surface area (Å²) >= 11 is 0. The summed E-state index contributed by atoms with van der Waals surface area (Å²) in [5, 5.41) is 0. The maximum atomic E-state index is 5.15. The van der Waals surface area contributed by atoms with Crippen LogP contribution in [0, 0.1) is 7.05 Å². The number of likely N-dealkylation sites (N-methyl/N-ethyl adjacent to an activating group) is 1. The van der Waals surface area contributed by atoms with Crippen LogP contribution in [0.25, 0.3) is 0 Å². The highest BCUT2D eigenvalue weighted by Gasteiger charge is 1.71. The smallest absolute Gasteiger partial charge is 0.00266 e. The Bertz CT molecular complexity index is 26.7. The first kappa shape index (κ1) is 5.92. The lowest BCUT2D eigenvalue weighted by Gasteiger charge is -2.14. The zero-order chi connectivity index (χ0) is 4.99. The summed E-state index contributed by atoms with van der Waals surface area (Å²) < 4.78 is 0. The predicted octanol–water partition coefficient (Wildman–Crippen LogP) is -0.332. The Labute approximate surface area is 38.9 Å². The van der Waals surface area contributed by atoms with Crippen molar-refractivity contribution in [3.8, 4) is 0 Å². The molecule has 0 atom stereocenters. The summed E-state index contributed by atoms with van der Waals surface area (Å²) in [7, 11) is 5.48. The van der Waals surface area contributed by atoms with Crippen LogP contribution in [-0.2, 0) is 0 Å². The van der Waals surface area contributed by atoms with Crippen LogP contribution in [0.5, 0.6) is 0 Å². The van der Waals surface area contributed by atoms with E-state index in [0.29, 0.717) is 6.54 Å². The molecule has 0 aliphatic carbocycles. The number of nitrogens with two attached hydrogens (primary N) is 1. The van der Waals surface area contributed by atoms with Crippen molar-refractivity contribution in [3.05, 3.63) is 7.05 Å². The molecule has 0 aliphatic heterocycles. The summed E-state index contributed by atoms with van der Waals surface area (Å²) in [5.41, 5.74) is 5.15. The summed E-state index contributed by atoms with van der Waals surface area (Å²) in [4.78, 5) is 1.81. The largest absolute Gasteiger partial charge is 0.461 e. The molecule has 0 aromatic carbocycles. The molecule has 0 aromatic rings. The molecule has 0 heterocycles. The third-order valence-electron chi connectivity index (χ3n) is 0.511. The van der Waals surface area contributed by atoms with E-state index in [1.807, 2.05) is 7.05 Å². The molecular formula is C4H11N2-. The van der Waals surface area contributed by atoms with Crippen LogP contribution in [0.1, 0.15) is 0 Å². The van der Waals surface area contributed by atoms with Crippen molar-refractivity contribution in [1.82, 2.24) is 4.90 Å². The van der Waals surface area contributed by atoms with Crippen LogP contribution < -0.4 is 5.73 Å². The summed E-state index contributed by atoms with van der Waals surface area (Å²) in [6.07, 6.45) is 0. The molecule has 0 amide bonds. The lowest BCUT2D eigenvalue weighted by Crippen LogP contribution is -2.18. The van der Waals surface area contributed by atoms with E-state index < -0.39 is 0 Å². The monoisotopic (exact) mass is 87.1 g/mol. The second-order valence-electron chi connectivity index (χ2n) is 1.37. The predicted molar refractivity (Wildman–Crippen MR) is 27.0 cm³/mol. The molecule has 0 unspecified atom stereocenters. The maximum Gasteiger partial charge on any atom is 0.00266 e. The van der Waals surface area contributed by atoms with Crippen LogP contribution in [0.3, 0.4) is 0 Å². The van der Waals surface area contributed by atoms with Crippen molar-refractivity contribution in [1.29, 1.82) is 0 Å². The minimum atomic E-state index is 0.694. The quantitative estimate of drug-likeness (QED) is 0.467. The van der Waals surface area contributed by atoms with Crippen LogP contribution in [-0.4, -0.2) is 25.0 Å². The third kappa shape index (κ3) is 3.92. The number of hydrogen-bond donors (Lipinski definition) is 1. The Kier molecular flexibility index (Phi) is 3.08. The molecule has 0 aliphatic rings. The lowest BCUT2D eigenvalue weighted by atomic mass is 10.6. The molecule has 0 aromatic heterocycles. The van der Waals surface area contributed by atoms with Gasteiger partial charge in [-0.15, -0.1) is 0 Å².